The molecule has 0 saturated heterocycles. The first-order valence-corrected chi connectivity index (χ1v) is 5.75. The molecular weight excluding hydrogens is 228 g/mol. The van der Waals surface area contributed by atoms with E-state index in [4.69, 9.17) is 4.74 Å². The summed E-state index contributed by atoms with van der Waals surface area (Å²) in [4.78, 5) is 12.5. The van der Waals surface area contributed by atoms with Crippen LogP contribution in [0.1, 0.15) is 17.1 Å². The van der Waals surface area contributed by atoms with Gasteiger partial charge in [-0.2, -0.15) is 0 Å². The Bertz CT molecular complexity index is 502. The van der Waals surface area contributed by atoms with E-state index in [9.17, 15) is 0 Å². The molecule has 0 atom stereocenters. The zero-order valence-corrected chi connectivity index (χ0v) is 10.6. The van der Waals surface area contributed by atoms with Crippen LogP contribution < -0.4 is 10.1 Å². The second kappa shape index (κ2) is 6.07. The van der Waals surface area contributed by atoms with Gasteiger partial charge in [0.05, 0.1) is 18.5 Å². The highest BCUT2D eigenvalue weighted by Gasteiger charge is 2.00. The third-order valence-corrected chi connectivity index (χ3v) is 2.47. The zero-order chi connectivity index (χ0) is 12.8. The molecule has 5 heteroatoms. The van der Waals surface area contributed by atoms with Gasteiger partial charge in [0.2, 0.25) is 0 Å². The molecule has 2 aromatic heterocycles. The summed E-state index contributed by atoms with van der Waals surface area (Å²) >= 11 is 0. The van der Waals surface area contributed by atoms with Gasteiger partial charge in [0.15, 0.2) is 0 Å². The van der Waals surface area contributed by atoms with Crippen LogP contribution in [0.5, 0.6) is 5.75 Å². The highest BCUT2D eigenvalue weighted by Crippen LogP contribution is 2.13. The summed E-state index contributed by atoms with van der Waals surface area (Å²) < 4.78 is 5.21. The monoisotopic (exact) mass is 244 g/mol. The Morgan fingerprint density at radius 3 is 2.78 bits per heavy atom. The number of nitrogens with zero attached hydrogens (tertiary/aromatic N) is 3. The van der Waals surface area contributed by atoms with E-state index in [1.807, 2.05) is 25.1 Å². The average Bonchev–Trinajstić information content (AvgIpc) is 2.39. The van der Waals surface area contributed by atoms with Crippen molar-refractivity contribution in [1.82, 2.24) is 20.3 Å². The van der Waals surface area contributed by atoms with E-state index in [0.717, 1.165) is 22.8 Å². The van der Waals surface area contributed by atoms with Gasteiger partial charge in [-0.1, -0.05) is 0 Å². The Morgan fingerprint density at radius 2 is 2.06 bits per heavy atom. The molecule has 5 nitrogen and oxygen atoms in total. The predicted octanol–water partition coefficient (Wildman–Crippen LogP) is 1.48. The molecule has 0 amide bonds. The number of hydrogen-bond donors (Lipinski definition) is 1. The fourth-order valence-corrected chi connectivity index (χ4v) is 1.65. The van der Waals surface area contributed by atoms with Crippen LogP contribution in [0.4, 0.5) is 0 Å². The minimum Gasteiger partial charge on any atom is -0.497 e. The van der Waals surface area contributed by atoms with Crippen LogP contribution in [0.15, 0.2) is 30.7 Å². The van der Waals surface area contributed by atoms with E-state index in [0.29, 0.717) is 13.1 Å². The van der Waals surface area contributed by atoms with Crippen molar-refractivity contribution in [2.75, 3.05) is 7.11 Å². The molecule has 0 aromatic carbocycles. The van der Waals surface area contributed by atoms with E-state index in [1.165, 1.54) is 0 Å². The summed E-state index contributed by atoms with van der Waals surface area (Å²) in [5.41, 5.74) is 2.87. The van der Waals surface area contributed by atoms with Gasteiger partial charge in [0.1, 0.15) is 12.1 Å². The van der Waals surface area contributed by atoms with Crippen LogP contribution in [0.2, 0.25) is 0 Å². The number of aryl methyl sites for hydroxylation is 1. The number of aromatic nitrogens is 3. The normalized spacial score (nSPS) is 10.3. The minimum atomic E-state index is 0.683. The quantitative estimate of drug-likeness (QED) is 0.863. The molecule has 0 aliphatic heterocycles. The van der Waals surface area contributed by atoms with Gasteiger partial charge in [-0.15, -0.1) is 0 Å². The Balaban J connectivity index is 1.92. The van der Waals surface area contributed by atoms with Crippen molar-refractivity contribution in [3.63, 3.8) is 0 Å². The summed E-state index contributed by atoms with van der Waals surface area (Å²) in [6.45, 7) is 3.33. The van der Waals surface area contributed by atoms with E-state index in [-0.39, 0.29) is 0 Å². The zero-order valence-electron chi connectivity index (χ0n) is 10.6. The highest BCUT2D eigenvalue weighted by atomic mass is 16.5. The van der Waals surface area contributed by atoms with Crippen LogP contribution in [0, 0.1) is 6.92 Å². The smallest absolute Gasteiger partial charge is 0.122 e. The molecule has 0 aliphatic rings. The summed E-state index contributed by atoms with van der Waals surface area (Å²) in [6, 6.07) is 5.73. The SMILES string of the molecule is COc1cc(C)nc(CNCc2ccncn2)c1. The number of nitrogens with one attached hydrogen (secondary N) is 1. The van der Waals surface area contributed by atoms with Gasteiger partial charge in [-0.3, -0.25) is 4.98 Å². The van der Waals surface area contributed by atoms with Crippen molar-refractivity contribution in [3.8, 4) is 5.75 Å². The molecule has 2 heterocycles. The lowest BCUT2D eigenvalue weighted by Gasteiger charge is -2.07. The lowest BCUT2D eigenvalue weighted by atomic mass is 10.3. The molecular formula is C13H16N4O. The van der Waals surface area contributed by atoms with Crippen LogP contribution in [0.3, 0.4) is 0 Å². The van der Waals surface area contributed by atoms with Crippen LogP contribution in [0.25, 0.3) is 0 Å². The second-order valence-corrected chi connectivity index (χ2v) is 3.94. The first-order valence-electron chi connectivity index (χ1n) is 5.75. The molecule has 18 heavy (non-hydrogen) atoms. The number of methoxy groups -OCH3 is 1. The first-order chi connectivity index (χ1) is 8.78. The van der Waals surface area contributed by atoms with Crippen LogP contribution >= 0.6 is 0 Å². The number of pyridine rings is 1. The maximum atomic E-state index is 5.21. The Morgan fingerprint density at radius 1 is 1.22 bits per heavy atom. The fourth-order valence-electron chi connectivity index (χ4n) is 1.65. The lowest BCUT2D eigenvalue weighted by molar-refractivity contribution is 0.412. The van der Waals surface area contributed by atoms with Crippen molar-refractivity contribution < 1.29 is 4.74 Å². The first kappa shape index (κ1) is 12.4. The predicted molar refractivity (Wildman–Crippen MR) is 68.1 cm³/mol. The molecule has 2 aromatic rings. The maximum absolute atomic E-state index is 5.21. The van der Waals surface area contributed by atoms with Crippen molar-refractivity contribution in [1.29, 1.82) is 0 Å². The van der Waals surface area contributed by atoms with Crippen LogP contribution in [-0.4, -0.2) is 22.1 Å². The van der Waals surface area contributed by atoms with E-state index >= 15 is 0 Å². The molecule has 0 spiro atoms. The Kier molecular flexibility index (Phi) is 4.20. The lowest BCUT2D eigenvalue weighted by Crippen LogP contribution is -2.15. The molecule has 0 saturated carbocycles. The van der Waals surface area contributed by atoms with Gasteiger partial charge >= 0.3 is 0 Å². The van der Waals surface area contributed by atoms with E-state index in [1.54, 1.807) is 19.6 Å². The maximum Gasteiger partial charge on any atom is 0.122 e. The molecule has 1 N–H and O–H groups in total. The molecule has 2 rings (SSSR count). The summed E-state index contributed by atoms with van der Waals surface area (Å²) in [7, 11) is 1.66. The second-order valence-electron chi connectivity index (χ2n) is 3.94. The fraction of sp³-hybridized carbons (Fsp3) is 0.308. The van der Waals surface area contributed by atoms with Crippen molar-refractivity contribution in [2.45, 2.75) is 20.0 Å². The van der Waals surface area contributed by atoms with Gasteiger partial charge in [-0.25, -0.2) is 9.97 Å². The molecule has 0 fully saturated rings. The Labute approximate surface area is 106 Å². The standard InChI is InChI=1S/C13H16N4O/c1-10-5-13(18-2)6-12(17-10)8-15-7-11-3-4-14-9-16-11/h3-6,9,15H,7-8H2,1-2H3. The largest absolute Gasteiger partial charge is 0.497 e. The van der Waals surface area contributed by atoms with Crippen LogP contribution in [-0.2, 0) is 13.1 Å². The number of hydrogen-bond acceptors (Lipinski definition) is 5. The van der Waals surface area contributed by atoms with Crippen molar-refractivity contribution in [2.24, 2.45) is 0 Å². The summed E-state index contributed by atoms with van der Waals surface area (Å²) in [5, 5.41) is 3.29. The topological polar surface area (TPSA) is 59.9 Å². The van der Waals surface area contributed by atoms with Gasteiger partial charge in [-0.05, 0) is 13.0 Å². The van der Waals surface area contributed by atoms with Crippen molar-refractivity contribution >= 4 is 0 Å². The molecule has 94 valence electrons. The molecule has 0 radical (unpaired) electrons. The average molecular weight is 244 g/mol. The Hall–Kier alpha value is -2.01. The van der Waals surface area contributed by atoms with E-state index < -0.39 is 0 Å². The molecule has 0 unspecified atom stereocenters. The highest BCUT2D eigenvalue weighted by molar-refractivity contribution is 5.26. The van der Waals surface area contributed by atoms with E-state index in [2.05, 4.69) is 20.3 Å². The van der Waals surface area contributed by atoms with Gasteiger partial charge in [0, 0.05) is 37.1 Å². The molecule has 0 bridgehead atoms. The van der Waals surface area contributed by atoms with Gasteiger partial charge < -0.3 is 10.1 Å². The minimum absolute atomic E-state index is 0.683. The number of ether oxygens (including phenoxy) is 1. The third-order valence-electron chi connectivity index (χ3n) is 2.47. The van der Waals surface area contributed by atoms with Crippen molar-refractivity contribution in [3.05, 3.63) is 47.8 Å². The third kappa shape index (κ3) is 3.49. The summed E-state index contributed by atoms with van der Waals surface area (Å²) in [6.07, 6.45) is 3.28. The summed E-state index contributed by atoms with van der Waals surface area (Å²) in [5.74, 6) is 0.835. The number of rotatable bonds is 5. The molecule has 0 aliphatic carbocycles. The van der Waals surface area contributed by atoms with Gasteiger partial charge in [0.25, 0.3) is 0 Å².